The van der Waals surface area contributed by atoms with Crippen LogP contribution in [0.25, 0.3) is 0 Å². The van der Waals surface area contributed by atoms with Crippen molar-refractivity contribution in [2.75, 3.05) is 33.3 Å². The molecule has 2 N–H and O–H groups in total. The fourth-order valence-corrected chi connectivity index (χ4v) is 3.67. The Kier molecular flexibility index (Phi) is 8.66. The molecule has 2 amide bonds. The van der Waals surface area contributed by atoms with Gasteiger partial charge in [0.05, 0.1) is 25.7 Å². The highest BCUT2D eigenvalue weighted by atomic mass is 32.2. The van der Waals surface area contributed by atoms with Crippen LogP contribution >= 0.6 is 0 Å². The number of anilines is 1. The van der Waals surface area contributed by atoms with E-state index in [0.717, 1.165) is 0 Å². The van der Waals surface area contributed by atoms with E-state index < -0.39 is 28.1 Å². The third-order valence-electron chi connectivity index (χ3n) is 3.91. The van der Waals surface area contributed by atoms with Gasteiger partial charge in [-0.2, -0.15) is 9.97 Å². The first-order valence-electron chi connectivity index (χ1n) is 9.19. The Labute approximate surface area is 184 Å². The van der Waals surface area contributed by atoms with Crippen molar-refractivity contribution >= 4 is 28.0 Å². The van der Waals surface area contributed by atoms with Crippen LogP contribution in [0.3, 0.4) is 0 Å². The molecule has 1 atom stereocenters. The Morgan fingerprint density at radius 2 is 1.66 bits per heavy atom. The maximum absolute atomic E-state index is 12.8. The predicted molar refractivity (Wildman–Crippen MR) is 110 cm³/mol. The van der Waals surface area contributed by atoms with Crippen LogP contribution in [0.1, 0.15) is 12.5 Å². The van der Waals surface area contributed by atoms with Crippen LogP contribution in [0, 0.1) is 0 Å². The van der Waals surface area contributed by atoms with Gasteiger partial charge in [0, 0.05) is 13.5 Å². The Balaban J connectivity index is 2.22. The van der Waals surface area contributed by atoms with Crippen LogP contribution < -0.4 is 19.5 Å². The highest BCUT2D eigenvalue weighted by Crippen LogP contribution is 2.19. The number of benzene rings is 1. The topological polar surface area (TPSA) is 168 Å². The predicted octanol–water partition coefficient (Wildman–Crippen LogP) is 0.520. The van der Waals surface area contributed by atoms with Gasteiger partial charge in [0.25, 0.3) is 10.0 Å². The van der Waals surface area contributed by atoms with Crippen LogP contribution in [0.15, 0.2) is 29.2 Å². The molecule has 0 aliphatic carbocycles. The van der Waals surface area contributed by atoms with Crippen molar-refractivity contribution in [3.8, 4) is 12.0 Å². The Hall–Kier alpha value is -3.52. The summed E-state index contributed by atoms with van der Waals surface area (Å²) in [6.07, 6.45) is -1.11. The van der Waals surface area contributed by atoms with Crippen molar-refractivity contribution in [2.24, 2.45) is 0 Å². The number of hydrogen-bond donors (Lipinski definition) is 2. The Morgan fingerprint density at radius 1 is 1.03 bits per heavy atom. The minimum atomic E-state index is -4.34. The number of urea groups is 1. The average Bonchev–Trinajstić information content (AvgIpc) is 2.76. The molecule has 174 valence electrons. The minimum absolute atomic E-state index is 0.0874. The second kappa shape index (κ2) is 11.2. The molecule has 14 heteroatoms. The molecule has 0 saturated heterocycles. The van der Waals surface area contributed by atoms with Crippen molar-refractivity contribution < 1.29 is 37.0 Å². The van der Waals surface area contributed by atoms with E-state index >= 15 is 0 Å². The van der Waals surface area contributed by atoms with Gasteiger partial charge in [0.15, 0.2) is 6.10 Å². The zero-order valence-corrected chi connectivity index (χ0v) is 18.6. The van der Waals surface area contributed by atoms with Gasteiger partial charge >= 0.3 is 24.0 Å². The molecule has 0 saturated carbocycles. The summed E-state index contributed by atoms with van der Waals surface area (Å²) in [4.78, 5) is 35.4. The summed E-state index contributed by atoms with van der Waals surface area (Å²) in [5.74, 6) is -0.929. The van der Waals surface area contributed by atoms with Crippen molar-refractivity contribution in [3.63, 3.8) is 0 Å². The molecule has 1 aromatic heterocycles. The Morgan fingerprint density at radius 3 is 2.22 bits per heavy atom. The molecule has 1 heterocycles. The summed E-state index contributed by atoms with van der Waals surface area (Å²) in [5, 5.41) is 2.17. The number of nitrogens with zero attached hydrogens (tertiary/aromatic N) is 3. The van der Waals surface area contributed by atoms with Crippen molar-refractivity contribution in [1.82, 2.24) is 19.7 Å². The first kappa shape index (κ1) is 24.7. The smallest absolute Gasteiger partial charge is 0.335 e. The first-order chi connectivity index (χ1) is 15.2. The molecular formula is C18H23N5O8S. The summed E-state index contributed by atoms with van der Waals surface area (Å²) in [5.41, 5.74) is 0.246. The average molecular weight is 469 g/mol. The van der Waals surface area contributed by atoms with E-state index in [1.165, 1.54) is 39.5 Å². The number of hydrogen-bond acceptors (Lipinski definition) is 11. The first-order valence-corrected chi connectivity index (χ1v) is 10.7. The number of sulfonamides is 1. The number of rotatable bonds is 10. The van der Waals surface area contributed by atoms with Gasteiger partial charge in [0.1, 0.15) is 0 Å². The van der Waals surface area contributed by atoms with Crippen LogP contribution in [0.5, 0.6) is 12.0 Å². The Bertz CT molecular complexity index is 1040. The van der Waals surface area contributed by atoms with Gasteiger partial charge in [-0.25, -0.2) is 22.7 Å². The summed E-state index contributed by atoms with van der Waals surface area (Å²) in [7, 11) is -0.439. The zero-order chi connectivity index (χ0) is 23.7. The second-order valence-corrected chi connectivity index (χ2v) is 7.63. The molecule has 0 aliphatic heterocycles. The number of amides is 2. The van der Waals surface area contributed by atoms with Gasteiger partial charge in [-0.15, -0.1) is 4.98 Å². The molecule has 13 nitrogen and oxygen atoms in total. The number of carbonyl (C=O) groups excluding carboxylic acids is 2. The highest BCUT2D eigenvalue weighted by Gasteiger charge is 2.26. The summed E-state index contributed by atoms with van der Waals surface area (Å²) in [6.45, 7) is 1.79. The third-order valence-corrected chi connectivity index (χ3v) is 5.34. The van der Waals surface area contributed by atoms with E-state index in [2.05, 4.69) is 20.3 Å². The van der Waals surface area contributed by atoms with E-state index in [0.29, 0.717) is 0 Å². The normalized spacial score (nSPS) is 11.9. The molecule has 0 fully saturated rings. The monoisotopic (exact) mass is 469 g/mol. The summed E-state index contributed by atoms with van der Waals surface area (Å²) in [6, 6.07) is 4.43. The van der Waals surface area contributed by atoms with Gasteiger partial charge in [-0.3, -0.25) is 5.32 Å². The van der Waals surface area contributed by atoms with Crippen LogP contribution in [-0.4, -0.2) is 69.4 Å². The van der Waals surface area contributed by atoms with Gasteiger partial charge in [0.2, 0.25) is 5.95 Å². The van der Waals surface area contributed by atoms with Crippen LogP contribution in [0.4, 0.5) is 10.7 Å². The van der Waals surface area contributed by atoms with E-state index in [-0.39, 0.29) is 41.5 Å². The minimum Gasteiger partial charge on any atom is -0.467 e. The highest BCUT2D eigenvalue weighted by molar-refractivity contribution is 7.90. The number of carbonyl (C=O) groups is 2. The molecule has 2 rings (SSSR count). The summed E-state index contributed by atoms with van der Waals surface area (Å²) < 4.78 is 47.3. The number of methoxy groups -OCH3 is 3. The largest absolute Gasteiger partial charge is 0.467 e. The third kappa shape index (κ3) is 6.49. The van der Waals surface area contributed by atoms with Crippen LogP contribution in [0.2, 0.25) is 0 Å². The van der Waals surface area contributed by atoms with E-state index in [9.17, 15) is 18.0 Å². The number of aromatic nitrogens is 3. The molecule has 0 radical (unpaired) electrons. The lowest BCUT2D eigenvalue weighted by molar-refractivity contribution is -0.154. The van der Waals surface area contributed by atoms with Gasteiger partial charge < -0.3 is 18.9 Å². The van der Waals surface area contributed by atoms with Crippen molar-refractivity contribution in [3.05, 3.63) is 29.8 Å². The molecule has 0 aliphatic rings. The molecule has 2 aromatic rings. The molecule has 1 aromatic carbocycles. The maximum Gasteiger partial charge on any atom is 0.335 e. The molecule has 32 heavy (non-hydrogen) atoms. The molecular weight excluding hydrogens is 446 g/mol. The fraction of sp³-hybridized carbons (Fsp3) is 0.389. The van der Waals surface area contributed by atoms with Crippen molar-refractivity contribution in [1.29, 1.82) is 0 Å². The standard InChI is InChI=1S/C18H23N5O8S/c1-5-31-14(24)12(28-2)10-11-8-6-7-9-13(11)32(26,27)23-16(25)19-15-20-17(29-3)22-18(21-15)30-4/h6-9,12H,5,10H2,1-4H3,(H2,19,20,21,22,23,25). The number of esters is 1. The summed E-state index contributed by atoms with van der Waals surface area (Å²) >= 11 is 0. The van der Waals surface area contributed by atoms with E-state index in [1.807, 2.05) is 4.72 Å². The second-order valence-electron chi connectivity index (χ2n) is 5.98. The van der Waals surface area contributed by atoms with E-state index in [4.69, 9.17) is 18.9 Å². The van der Waals surface area contributed by atoms with Crippen molar-refractivity contribution in [2.45, 2.75) is 24.3 Å². The molecule has 0 spiro atoms. The lowest BCUT2D eigenvalue weighted by atomic mass is 10.1. The van der Waals surface area contributed by atoms with E-state index in [1.54, 1.807) is 13.0 Å². The lowest BCUT2D eigenvalue weighted by Gasteiger charge is -2.16. The number of nitrogens with one attached hydrogen (secondary N) is 2. The maximum atomic E-state index is 12.8. The number of ether oxygens (including phenoxy) is 4. The SMILES string of the molecule is CCOC(=O)C(Cc1ccccc1S(=O)(=O)NC(=O)Nc1nc(OC)nc(OC)n1)OC. The molecule has 0 bridgehead atoms. The fourth-order valence-electron chi connectivity index (χ4n) is 2.51. The van der Waals surface area contributed by atoms with Gasteiger partial charge in [-0.05, 0) is 18.6 Å². The molecule has 1 unspecified atom stereocenters. The lowest BCUT2D eigenvalue weighted by Crippen LogP contribution is -2.36. The van der Waals surface area contributed by atoms with Crippen LogP contribution in [-0.2, 0) is 30.7 Å². The van der Waals surface area contributed by atoms with Gasteiger partial charge in [-0.1, -0.05) is 18.2 Å². The zero-order valence-electron chi connectivity index (χ0n) is 17.8. The quantitative estimate of drug-likeness (QED) is 0.465.